The van der Waals surface area contributed by atoms with Crippen LogP contribution >= 0.6 is 11.3 Å². The van der Waals surface area contributed by atoms with Crippen LogP contribution in [0.1, 0.15) is 16.3 Å². The smallest absolute Gasteiger partial charge is 0.271 e. The van der Waals surface area contributed by atoms with E-state index >= 15 is 0 Å². The Hall–Kier alpha value is -2.61. The first-order valence-corrected chi connectivity index (χ1v) is 7.51. The van der Waals surface area contributed by atoms with Gasteiger partial charge in [-0.1, -0.05) is 0 Å². The van der Waals surface area contributed by atoms with Gasteiger partial charge in [0, 0.05) is 18.5 Å². The summed E-state index contributed by atoms with van der Waals surface area (Å²) in [6.45, 7) is 0.308. The molecular formula is C14H15N5O2S. The van der Waals surface area contributed by atoms with Crippen molar-refractivity contribution in [2.75, 3.05) is 19.5 Å². The number of carbonyl (C=O) groups excluding carboxylic acids is 1. The van der Waals surface area contributed by atoms with Crippen molar-refractivity contribution in [3.8, 4) is 5.75 Å². The van der Waals surface area contributed by atoms with Gasteiger partial charge >= 0.3 is 0 Å². The highest BCUT2D eigenvalue weighted by atomic mass is 32.1. The molecule has 0 radical (unpaired) electrons. The number of aromatic nitrogens is 3. The number of aromatic amines is 1. The SMILES string of the molecule is CNc1nc(C(=O)NCc2nc3ccc(OC)cc3[nH]2)cs1. The first kappa shape index (κ1) is 14.3. The van der Waals surface area contributed by atoms with Gasteiger partial charge in [0.15, 0.2) is 5.13 Å². The topological polar surface area (TPSA) is 91.9 Å². The van der Waals surface area contributed by atoms with Crippen LogP contribution in [0.5, 0.6) is 5.75 Å². The van der Waals surface area contributed by atoms with Crippen LogP contribution in [-0.2, 0) is 6.54 Å². The Morgan fingerprint density at radius 2 is 2.27 bits per heavy atom. The molecule has 8 heteroatoms. The Morgan fingerprint density at radius 1 is 1.41 bits per heavy atom. The number of hydrogen-bond acceptors (Lipinski definition) is 6. The van der Waals surface area contributed by atoms with Crippen molar-refractivity contribution in [3.63, 3.8) is 0 Å². The fourth-order valence-corrected chi connectivity index (χ4v) is 2.65. The first-order chi connectivity index (χ1) is 10.7. The minimum atomic E-state index is -0.226. The number of methoxy groups -OCH3 is 1. The van der Waals surface area contributed by atoms with Gasteiger partial charge in [-0.2, -0.15) is 0 Å². The summed E-state index contributed by atoms with van der Waals surface area (Å²) < 4.78 is 5.17. The van der Waals surface area contributed by atoms with Crippen LogP contribution in [-0.4, -0.2) is 35.0 Å². The molecule has 3 aromatic rings. The van der Waals surface area contributed by atoms with Gasteiger partial charge in [0.25, 0.3) is 5.91 Å². The van der Waals surface area contributed by atoms with Crippen LogP contribution in [0.15, 0.2) is 23.6 Å². The Bertz CT molecular complexity index is 811. The van der Waals surface area contributed by atoms with E-state index in [4.69, 9.17) is 4.74 Å². The molecule has 0 atom stereocenters. The number of ether oxygens (including phenoxy) is 1. The lowest BCUT2D eigenvalue weighted by Gasteiger charge is -1.99. The van der Waals surface area contributed by atoms with Crippen molar-refractivity contribution in [1.29, 1.82) is 0 Å². The second-order valence-electron chi connectivity index (χ2n) is 4.54. The fourth-order valence-electron chi connectivity index (χ4n) is 2.00. The molecule has 0 fully saturated rings. The zero-order chi connectivity index (χ0) is 15.5. The molecule has 0 bridgehead atoms. The monoisotopic (exact) mass is 317 g/mol. The van der Waals surface area contributed by atoms with E-state index in [1.807, 2.05) is 18.2 Å². The molecule has 0 aliphatic rings. The number of anilines is 1. The molecule has 0 saturated heterocycles. The van der Waals surface area contributed by atoms with Crippen molar-refractivity contribution in [2.45, 2.75) is 6.54 Å². The van der Waals surface area contributed by atoms with Crippen molar-refractivity contribution in [3.05, 3.63) is 35.1 Å². The number of carbonyl (C=O) groups is 1. The van der Waals surface area contributed by atoms with E-state index in [-0.39, 0.29) is 5.91 Å². The standard InChI is InChI=1S/C14H15N5O2S/c1-15-14-19-11(7-22-14)13(20)16-6-12-17-9-4-3-8(21-2)5-10(9)18-12/h3-5,7H,6H2,1-2H3,(H,15,19)(H,16,20)(H,17,18). The fraction of sp³-hybridized carbons (Fsp3) is 0.214. The third-order valence-corrected chi connectivity index (χ3v) is 3.96. The lowest BCUT2D eigenvalue weighted by molar-refractivity contribution is 0.0946. The number of benzene rings is 1. The molecule has 1 aromatic carbocycles. The van der Waals surface area contributed by atoms with Crippen LogP contribution in [0.3, 0.4) is 0 Å². The summed E-state index contributed by atoms with van der Waals surface area (Å²) in [6, 6.07) is 5.59. The number of nitrogens with one attached hydrogen (secondary N) is 3. The van der Waals surface area contributed by atoms with E-state index in [0.29, 0.717) is 23.2 Å². The maximum atomic E-state index is 12.0. The summed E-state index contributed by atoms with van der Waals surface area (Å²) in [5.74, 6) is 1.21. The molecule has 7 nitrogen and oxygen atoms in total. The van der Waals surface area contributed by atoms with Gasteiger partial charge in [0.05, 0.1) is 24.7 Å². The predicted octanol–water partition coefficient (Wildman–Crippen LogP) is 2.00. The summed E-state index contributed by atoms with van der Waals surface area (Å²) in [4.78, 5) is 23.7. The Kier molecular flexibility index (Phi) is 3.92. The normalized spacial score (nSPS) is 10.6. The second kappa shape index (κ2) is 6.02. The number of nitrogens with zero attached hydrogens (tertiary/aromatic N) is 2. The molecule has 2 aromatic heterocycles. The van der Waals surface area contributed by atoms with E-state index in [1.54, 1.807) is 19.5 Å². The second-order valence-corrected chi connectivity index (χ2v) is 5.40. The molecule has 22 heavy (non-hydrogen) atoms. The van der Waals surface area contributed by atoms with Gasteiger partial charge in [-0.15, -0.1) is 11.3 Å². The molecule has 3 rings (SSSR count). The molecule has 3 N–H and O–H groups in total. The minimum absolute atomic E-state index is 0.226. The molecule has 0 aliphatic heterocycles. The van der Waals surface area contributed by atoms with Gasteiger partial charge in [0.1, 0.15) is 17.3 Å². The average Bonchev–Trinajstić information content (AvgIpc) is 3.17. The lowest BCUT2D eigenvalue weighted by Crippen LogP contribution is -2.23. The van der Waals surface area contributed by atoms with Gasteiger partial charge in [-0.25, -0.2) is 9.97 Å². The average molecular weight is 317 g/mol. The van der Waals surface area contributed by atoms with Crippen LogP contribution in [0.4, 0.5) is 5.13 Å². The van der Waals surface area contributed by atoms with Crippen molar-refractivity contribution >= 4 is 33.4 Å². The zero-order valence-corrected chi connectivity index (χ0v) is 13.0. The van der Waals surface area contributed by atoms with Crippen molar-refractivity contribution in [2.24, 2.45) is 0 Å². The van der Waals surface area contributed by atoms with Gasteiger partial charge in [0.2, 0.25) is 0 Å². The summed E-state index contributed by atoms with van der Waals surface area (Å²) in [7, 11) is 3.38. The molecule has 0 aliphatic carbocycles. The van der Waals surface area contributed by atoms with E-state index in [1.165, 1.54) is 11.3 Å². The molecule has 1 amide bonds. The van der Waals surface area contributed by atoms with E-state index in [2.05, 4.69) is 25.6 Å². The lowest BCUT2D eigenvalue weighted by atomic mass is 10.3. The van der Waals surface area contributed by atoms with Crippen LogP contribution < -0.4 is 15.4 Å². The third kappa shape index (κ3) is 2.86. The van der Waals surface area contributed by atoms with Crippen LogP contribution in [0.25, 0.3) is 11.0 Å². The highest BCUT2D eigenvalue weighted by Gasteiger charge is 2.11. The highest BCUT2D eigenvalue weighted by molar-refractivity contribution is 7.13. The van der Waals surface area contributed by atoms with E-state index in [9.17, 15) is 4.79 Å². The molecule has 0 saturated carbocycles. The Balaban J connectivity index is 1.69. The van der Waals surface area contributed by atoms with Crippen LogP contribution in [0.2, 0.25) is 0 Å². The van der Waals surface area contributed by atoms with Gasteiger partial charge < -0.3 is 20.4 Å². The Morgan fingerprint density at radius 3 is 3.00 bits per heavy atom. The summed E-state index contributed by atoms with van der Waals surface area (Å²) in [6.07, 6.45) is 0. The van der Waals surface area contributed by atoms with E-state index < -0.39 is 0 Å². The maximum Gasteiger partial charge on any atom is 0.271 e. The van der Waals surface area contributed by atoms with E-state index in [0.717, 1.165) is 16.8 Å². The molecule has 0 spiro atoms. The third-order valence-electron chi connectivity index (χ3n) is 3.11. The number of hydrogen-bond donors (Lipinski definition) is 3. The number of fused-ring (bicyclic) bond motifs is 1. The van der Waals surface area contributed by atoms with Crippen LogP contribution in [0, 0.1) is 0 Å². The molecular weight excluding hydrogens is 302 g/mol. The van der Waals surface area contributed by atoms with Crippen molar-refractivity contribution in [1.82, 2.24) is 20.3 Å². The Labute approximate surface area is 130 Å². The number of rotatable bonds is 5. The number of amides is 1. The first-order valence-electron chi connectivity index (χ1n) is 6.63. The number of H-pyrrole nitrogens is 1. The number of imidazole rings is 1. The maximum absolute atomic E-state index is 12.0. The molecule has 114 valence electrons. The number of thiazole rings is 1. The summed E-state index contributed by atoms with van der Waals surface area (Å²) in [5.41, 5.74) is 2.10. The summed E-state index contributed by atoms with van der Waals surface area (Å²) in [5, 5.41) is 8.12. The van der Waals surface area contributed by atoms with Gasteiger partial charge in [-0.05, 0) is 12.1 Å². The van der Waals surface area contributed by atoms with Gasteiger partial charge in [-0.3, -0.25) is 4.79 Å². The minimum Gasteiger partial charge on any atom is -0.497 e. The predicted molar refractivity (Wildman–Crippen MR) is 85.5 cm³/mol. The largest absolute Gasteiger partial charge is 0.497 e. The van der Waals surface area contributed by atoms with Crippen molar-refractivity contribution < 1.29 is 9.53 Å². The summed E-state index contributed by atoms with van der Waals surface area (Å²) >= 11 is 1.39. The highest BCUT2D eigenvalue weighted by Crippen LogP contribution is 2.19. The molecule has 0 unspecified atom stereocenters. The molecule has 2 heterocycles. The zero-order valence-electron chi connectivity index (χ0n) is 12.1. The quantitative estimate of drug-likeness (QED) is 0.669.